The molecule has 1 aliphatic carbocycles. The average Bonchev–Trinajstić information content (AvgIpc) is 2.78. The monoisotopic (exact) mass is 263 g/mol. The van der Waals surface area contributed by atoms with E-state index in [0.29, 0.717) is 12.1 Å². The SMILES string of the molecule is OC1CCCc2c1ccn2Cc1ccc(F)cc1F. The van der Waals surface area contributed by atoms with Gasteiger partial charge in [0.15, 0.2) is 0 Å². The topological polar surface area (TPSA) is 25.2 Å². The van der Waals surface area contributed by atoms with Crippen LogP contribution in [0.15, 0.2) is 30.5 Å². The number of nitrogens with zero attached hydrogens (tertiary/aromatic N) is 1. The number of halogens is 2. The summed E-state index contributed by atoms with van der Waals surface area (Å²) in [4.78, 5) is 0. The normalized spacial score (nSPS) is 18.4. The zero-order chi connectivity index (χ0) is 13.4. The lowest BCUT2D eigenvalue weighted by atomic mass is 9.95. The maximum Gasteiger partial charge on any atom is 0.131 e. The van der Waals surface area contributed by atoms with Crippen LogP contribution >= 0.6 is 0 Å². The standard InChI is InChI=1S/C15H15F2NO/c16-11-5-4-10(13(17)8-11)9-18-7-6-12-14(18)2-1-3-15(12)19/h4-8,15,19H,1-3,9H2. The Labute approximate surface area is 110 Å². The Bertz CT molecular complexity index is 606. The van der Waals surface area contributed by atoms with E-state index in [1.807, 2.05) is 16.8 Å². The third-order valence-corrected chi connectivity index (χ3v) is 3.72. The van der Waals surface area contributed by atoms with Crippen LogP contribution in [0.2, 0.25) is 0 Å². The molecule has 1 heterocycles. The molecule has 3 rings (SSSR count). The maximum absolute atomic E-state index is 13.6. The van der Waals surface area contributed by atoms with Gasteiger partial charge in [0.25, 0.3) is 0 Å². The van der Waals surface area contributed by atoms with E-state index < -0.39 is 17.7 Å². The van der Waals surface area contributed by atoms with E-state index >= 15 is 0 Å². The van der Waals surface area contributed by atoms with Gasteiger partial charge in [0, 0.05) is 29.1 Å². The Balaban J connectivity index is 1.92. The molecule has 0 aliphatic heterocycles. The van der Waals surface area contributed by atoms with Crippen molar-refractivity contribution >= 4 is 0 Å². The van der Waals surface area contributed by atoms with Gasteiger partial charge < -0.3 is 9.67 Å². The van der Waals surface area contributed by atoms with Gasteiger partial charge in [-0.1, -0.05) is 6.07 Å². The first kappa shape index (κ1) is 12.4. The molecule has 0 amide bonds. The molecule has 0 saturated carbocycles. The summed E-state index contributed by atoms with van der Waals surface area (Å²) in [6.07, 6.45) is 4.05. The summed E-state index contributed by atoms with van der Waals surface area (Å²) in [5.41, 5.74) is 2.45. The molecule has 0 spiro atoms. The van der Waals surface area contributed by atoms with Gasteiger partial charge >= 0.3 is 0 Å². The van der Waals surface area contributed by atoms with E-state index in [1.54, 1.807) is 0 Å². The van der Waals surface area contributed by atoms with E-state index in [1.165, 1.54) is 12.1 Å². The number of benzene rings is 1. The number of fused-ring (bicyclic) bond motifs is 1. The van der Waals surface area contributed by atoms with Crippen molar-refractivity contribution in [3.8, 4) is 0 Å². The van der Waals surface area contributed by atoms with Crippen molar-refractivity contribution in [1.29, 1.82) is 0 Å². The fourth-order valence-corrected chi connectivity index (χ4v) is 2.71. The molecular weight excluding hydrogens is 248 g/mol. The Morgan fingerprint density at radius 3 is 2.89 bits per heavy atom. The molecule has 0 saturated heterocycles. The Kier molecular flexibility index (Phi) is 3.11. The van der Waals surface area contributed by atoms with E-state index in [9.17, 15) is 13.9 Å². The summed E-state index contributed by atoms with van der Waals surface area (Å²) in [5.74, 6) is -1.09. The highest BCUT2D eigenvalue weighted by atomic mass is 19.1. The van der Waals surface area contributed by atoms with Gasteiger partial charge in [0.2, 0.25) is 0 Å². The molecule has 2 aromatic rings. The van der Waals surface area contributed by atoms with Crippen LogP contribution in [0.3, 0.4) is 0 Å². The Morgan fingerprint density at radius 1 is 1.26 bits per heavy atom. The number of hydrogen-bond acceptors (Lipinski definition) is 1. The minimum absolute atomic E-state index is 0.369. The van der Waals surface area contributed by atoms with Crippen LogP contribution in [0.5, 0.6) is 0 Å². The van der Waals surface area contributed by atoms with Crippen LogP contribution in [-0.2, 0) is 13.0 Å². The second kappa shape index (κ2) is 4.78. The molecule has 1 aromatic carbocycles. The molecule has 0 fully saturated rings. The van der Waals surface area contributed by atoms with Gasteiger partial charge in [-0.25, -0.2) is 8.78 Å². The van der Waals surface area contributed by atoms with Gasteiger partial charge in [-0.15, -0.1) is 0 Å². The summed E-state index contributed by atoms with van der Waals surface area (Å²) < 4.78 is 28.5. The van der Waals surface area contributed by atoms with Gasteiger partial charge in [-0.05, 0) is 31.4 Å². The van der Waals surface area contributed by atoms with Crippen LogP contribution in [0.1, 0.15) is 35.8 Å². The minimum Gasteiger partial charge on any atom is -0.388 e. The van der Waals surface area contributed by atoms with E-state index in [2.05, 4.69) is 0 Å². The maximum atomic E-state index is 13.6. The molecule has 0 radical (unpaired) electrons. The van der Waals surface area contributed by atoms with Crippen molar-refractivity contribution in [1.82, 2.24) is 4.57 Å². The van der Waals surface area contributed by atoms with Gasteiger partial charge in [0.05, 0.1) is 12.6 Å². The largest absolute Gasteiger partial charge is 0.388 e. The summed E-state index contributed by atoms with van der Waals surface area (Å²) in [6, 6.07) is 5.53. The van der Waals surface area contributed by atoms with Gasteiger partial charge in [0.1, 0.15) is 11.6 Å². The lowest BCUT2D eigenvalue weighted by molar-refractivity contribution is 0.155. The van der Waals surface area contributed by atoms with Crippen LogP contribution < -0.4 is 0 Å². The number of aliphatic hydroxyl groups is 1. The first-order valence-electron chi connectivity index (χ1n) is 6.45. The molecule has 1 atom stereocenters. The second-order valence-electron chi connectivity index (χ2n) is 4.99. The van der Waals surface area contributed by atoms with E-state index in [4.69, 9.17) is 0 Å². The zero-order valence-corrected chi connectivity index (χ0v) is 10.4. The van der Waals surface area contributed by atoms with Gasteiger partial charge in [-0.3, -0.25) is 0 Å². The fourth-order valence-electron chi connectivity index (χ4n) is 2.71. The molecule has 2 nitrogen and oxygen atoms in total. The summed E-state index contributed by atoms with van der Waals surface area (Å²) in [7, 11) is 0. The second-order valence-corrected chi connectivity index (χ2v) is 4.99. The predicted molar refractivity (Wildman–Crippen MR) is 67.8 cm³/mol. The zero-order valence-electron chi connectivity index (χ0n) is 10.4. The van der Waals surface area contributed by atoms with Crippen LogP contribution in [0, 0.1) is 11.6 Å². The quantitative estimate of drug-likeness (QED) is 0.884. The first-order valence-corrected chi connectivity index (χ1v) is 6.45. The van der Waals surface area contributed by atoms with E-state index in [-0.39, 0.29) is 0 Å². The first-order chi connectivity index (χ1) is 9.15. The summed E-state index contributed by atoms with van der Waals surface area (Å²) >= 11 is 0. The average molecular weight is 263 g/mol. The third kappa shape index (κ3) is 2.28. The van der Waals surface area contributed by atoms with Crippen molar-refractivity contribution in [2.75, 3.05) is 0 Å². The number of aliphatic hydroxyl groups excluding tert-OH is 1. The van der Waals surface area contributed by atoms with Crippen molar-refractivity contribution in [3.63, 3.8) is 0 Å². The molecule has 0 bridgehead atoms. The number of rotatable bonds is 2. The highest BCUT2D eigenvalue weighted by molar-refractivity contribution is 5.29. The highest BCUT2D eigenvalue weighted by Gasteiger charge is 2.21. The van der Waals surface area contributed by atoms with Gasteiger partial charge in [-0.2, -0.15) is 0 Å². The molecule has 1 N–H and O–H groups in total. The molecule has 1 aliphatic rings. The Morgan fingerprint density at radius 2 is 2.11 bits per heavy atom. The van der Waals surface area contributed by atoms with E-state index in [0.717, 1.165) is 36.6 Å². The molecule has 4 heteroatoms. The predicted octanol–water partition coefficient (Wildman–Crippen LogP) is 3.18. The highest BCUT2D eigenvalue weighted by Crippen LogP contribution is 2.30. The molecule has 1 unspecified atom stereocenters. The summed E-state index contributed by atoms with van der Waals surface area (Å²) in [5, 5.41) is 9.89. The van der Waals surface area contributed by atoms with Crippen molar-refractivity contribution in [2.45, 2.75) is 31.9 Å². The number of aromatic nitrogens is 1. The molecular formula is C15H15F2NO. The van der Waals surface area contributed by atoms with Crippen LogP contribution in [0.4, 0.5) is 8.78 Å². The fraction of sp³-hybridized carbons (Fsp3) is 0.333. The lowest BCUT2D eigenvalue weighted by Gasteiger charge is -2.20. The van der Waals surface area contributed by atoms with Crippen LogP contribution in [0.25, 0.3) is 0 Å². The van der Waals surface area contributed by atoms with Crippen LogP contribution in [-0.4, -0.2) is 9.67 Å². The minimum atomic E-state index is -0.564. The van der Waals surface area contributed by atoms with Crippen molar-refractivity contribution in [3.05, 3.63) is 58.9 Å². The van der Waals surface area contributed by atoms with Crippen molar-refractivity contribution in [2.24, 2.45) is 0 Å². The van der Waals surface area contributed by atoms with Crippen molar-refractivity contribution < 1.29 is 13.9 Å². The summed E-state index contributed by atoms with van der Waals surface area (Å²) in [6.45, 7) is 0.369. The third-order valence-electron chi connectivity index (χ3n) is 3.72. The Hall–Kier alpha value is -1.68. The number of hydrogen-bond donors (Lipinski definition) is 1. The lowest BCUT2D eigenvalue weighted by Crippen LogP contribution is -2.12. The molecule has 100 valence electrons. The smallest absolute Gasteiger partial charge is 0.131 e. The molecule has 19 heavy (non-hydrogen) atoms. The molecule has 1 aromatic heterocycles.